The normalized spacial score (nSPS) is 13.8. The topological polar surface area (TPSA) is 37.3 Å². The summed E-state index contributed by atoms with van der Waals surface area (Å²) in [6.07, 6.45) is 9.91. The SMILES string of the molecule is [2H]C([2H])(/C=C/CC)CCCCCCCCC(=O)O. The third kappa shape index (κ3) is 13.2. The van der Waals surface area contributed by atoms with Crippen molar-refractivity contribution in [3.63, 3.8) is 0 Å². The van der Waals surface area contributed by atoms with Crippen LogP contribution >= 0.6 is 0 Å². The summed E-state index contributed by atoms with van der Waals surface area (Å²) in [5, 5.41) is 8.47. The first-order chi connectivity index (χ1) is 8.48. The minimum Gasteiger partial charge on any atom is -0.481 e. The number of carbonyl (C=O) groups is 1. The largest absolute Gasteiger partial charge is 0.481 e. The molecule has 0 rings (SSSR count). The van der Waals surface area contributed by atoms with E-state index in [-0.39, 0.29) is 6.42 Å². The summed E-state index contributed by atoms with van der Waals surface area (Å²) in [6.45, 7) is 2.00. The fourth-order valence-electron chi connectivity index (χ4n) is 1.49. The fraction of sp³-hybridized carbons (Fsp3) is 0.786. The number of hydrogen-bond donors (Lipinski definition) is 1. The molecule has 16 heavy (non-hydrogen) atoms. The highest BCUT2D eigenvalue weighted by molar-refractivity contribution is 5.66. The van der Waals surface area contributed by atoms with Crippen LogP contribution in [0.2, 0.25) is 0 Å². The number of aliphatic carboxylic acids is 1. The van der Waals surface area contributed by atoms with Gasteiger partial charge in [0.25, 0.3) is 0 Å². The highest BCUT2D eigenvalue weighted by Gasteiger charge is 1.96. The molecule has 0 atom stereocenters. The van der Waals surface area contributed by atoms with E-state index in [1.165, 1.54) is 0 Å². The Balaban J connectivity index is 3.39. The van der Waals surface area contributed by atoms with Crippen molar-refractivity contribution in [1.29, 1.82) is 0 Å². The molecule has 0 aromatic heterocycles. The predicted molar refractivity (Wildman–Crippen MR) is 68.6 cm³/mol. The van der Waals surface area contributed by atoms with Crippen LogP contribution in [0, 0.1) is 0 Å². The Kier molecular flexibility index (Phi) is 8.97. The molecule has 94 valence electrons. The Hall–Kier alpha value is -0.790. The van der Waals surface area contributed by atoms with E-state index in [0.29, 0.717) is 6.42 Å². The lowest BCUT2D eigenvalue weighted by atomic mass is 10.1. The summed E-state index contributed by atoms with van der Waals surface area (Å²) in [5.74, 6) is -0.717. The molecular weight excluding hydrogens is 200 g/mol. The zero-order valence-electron chi connectivity index (χ0n) is 12.4. The zero-order chi connectivity index (χ0) is 13.9. The van der Waals surface area contributed by atoms with Crippen molar-refractivity contribution in [2.45, 2.75) is 71.1 Å². The first-order valence-electron chi connectivity index (χ1n) is 7.37. The van der Waals surface area contributed by atoms with Gasteiger partial charge in [-0.05, 0) is 25.6 Å². The second-order valence-electron chi connectivity index (χ2n) is 4.03. The second kappa shape index (κ2) is 12.3. The first-order valence-corrected chi connectivity index (χ1v) is 6.37. The second-order valence-corrected chi connectivity index (χ2v) is 4.03. The molecule has 0 aliphatic rings. The van der Waals surface area contributed by atoms with Gasteiger partial charge in [0.1, 0.15) is 0 Å². The molecule has 0 aromatic carbocycles. The molecule has 0 unspecified atom stereocenters. The van der Waals surface area contributed by atoms with Gasteiger partial charge in [-0.3, -0.25) is 4.79 Å². The molecule has 0 saturated carbocycles. The van der Waals surface area contributed by atoms with Crippen molar-refractivity contribution in [3.05, 3.63) is 12.2 Å². The third-order valence-electron chi connectivity index (χ3n) is 2.43. The molecule has 0 bridgehead atoms. The summed E-state index contributed by atoms with van der Waals surface area (Å²) >= 11 is 0. The maximum atomic E-state index is 10.3. The van der Waals surface area contributed by atoms with Crippen molar-refractivity contribution in [1.82, 2.24) is 0 Å². The number of hydrogen-bond acceptors (Lipinski definition) is 1. The molecule has 2 nitrogen and oxygen atoms in total. The average molecular weight is 228 g/mol. The quantitative estimate of drug-likeness (QED) is 0.416. The monoisotopic (exact) mass is 228 g/mol. The highest BCUT2D eigenvalue weighted by Crippen LogP contribution is 2.09. The van der Waals surface area contributed by atoms with Crippen LogP contribution in [0.1, 0.15) is 73.8 Å². The van der Waals surface area contributed by atoms with E-state index >= 15 is 0 Å². The molecule has 0 aromatic rings. The Morgan fingerprint density at radius 1 is 1.06 bits per heavy atom. The Morgan fingerprint density at radius 3 is 2.19 bits per heavy atom. The van der Waals surface area contributed by atoms with Crippen molar-refractivity contribution >= 4 is 5.97 Å². The van der Waals surface area contributed by atoms with E-state index in [4.69, 9.17) is 7.85 Å². The summed E-state index contributed by atoms with van der Waals surface area (Å²) in [7, 11) is 0. The molecular formula is C14H26O2. The summed E-state index contributed by atoms with van der Waals surface area (Å²) in [4.78, 5) is 10.3. The lowest BCUT2D eigenvalue weighted by Gasteiger charge is -2.00. The Labute approximate surface area is 103 Å². The molecule has 0 aliphatic carbocycles. The van der Waals surface area contributed by atoms with E-state index in [9.17, 15) is 4.79 Å². The molecule has 2 heteroatoms. The van der Waals surface area contributed by atoms with Crippen LogP contribution in [0.5, 0.6) is 0 Å². The van der Waals surface area contributed by atoms with Gasteiger partial charge in [0.15, 0.2) is 0 Å². The number of allylic oxidation sites excluding steroid dienone is 2. The maximum Gasteiger partial charge on any atom is 0.303 e. The van der Waals surface area contributed by atoms with E-state index < -0.39 is 12.3 Å². The van der Waals surface area contributed by atoms with Crippen molar-refractivity contribution in [2.75, 3.05) is 0 Å². The van der Waals surface area contributed by atoms with Crippen LogP contribution in [-0.4, -0.2) is 11.1 Å². The van der Waals surface area contributed by atoms with Crippen LogP contribution in [-0.2, 0) is 4.79 Å². The molecule has 0 heterocycles. The van der Waals surface area contributed by atoms with E-state index in [1.807, 2.05) is 13.0 Å². The van der Waals surface area contributed by atoms with Crippen molar-refractivity contribution in [3.8, 4) is 0 Å². The van der Waals surface area contributed by atoms with Gasteiger partial charge in [-0.2, -0.15) is 0 Å². The Morgan fingerprint density at radius 2 is 1.62 bits per heavy atom. The molecule has 0 radical (unpaired) electrons. The van der Waals surface area contributed by atoms with Crippen molar-refractivity contribution < 1.29 is 12.6 Å². The Bertz CT molecular complexity index is 250. The number of carboxylic acids is 1. The van der Waals surface area contributed by atoms with Crippen molar-refractivity contribution in [2.24, 2.45) is 0 Å². The van der Waals surface area contributed by atoms with Gasteiger partial charge < -0.3 is 5.11 Å². The standard InChI is InChI=1S/C14H26O2/c1-2-3-4-5-6-7-8-9-10-11-12-13-14(15)16/h3-4H,2,5-13H2,1H3,(H,15,16)/b4-3+/i5D2. The average Bonchev–Trinajstić information content (AvgIpc) is 2.29. The molecule has 0 saturated heterocycles. The van der Waals surface area contributed by atoms with E-state index in [1.54, 1.807) is 6.08 Å². The lowest BCUT2D eigenvalue weighted by Crippen LogP contribution is -1.93. The minimum atomic E-state index is -1.17. The van der Waals surface area contributed by atoms with E-state index in [2.05, 4.69) is 0 Å². The number of unbranched alkanes of at least 4 members (excludes halogenated alkanes) is 5. The van der Waals surface area contributed by atoms with E-state index in [0.717, 1.165) is 44.9 Å². The van der Waals surface area contributed by atoms with Gasteiger partial charge in [0.05, 0.1) is 0 Å². The maximum absolute atomic E-state index is 10.3. The number of rotatable bonds is 11. The summed E-state index contributed by atoms with van der Waals surface area (Å²) in [5.41, 5.74) is 0. The van der Waals surface area contributed by atoms with Gasteiger partial charge in [-0.25, -0.2) is 0 Å². The smallest absolute Gasteiger partial charge is 0.303 e. The summed E-state index contributed by atoms with van der Waals surface area (Å²) < 4.78 is 15.5. The van der Waals surface area contributed by atoms with Crippen LogP contribution in [0.4, 0.5) is 0 Å². The highest BCUT2D eigenvalue weighted by atomic mass is 16.4. The van der Waals surface area contributed by atoms with Crippen LogP contribution in [0.15, 0.2) is 12.2 Å². The first kappa shape index (κ1) is 11.7. The van der Waals surface area contributed by atoms with Gasteiger partial charge in [0.2, 0.25) is 0 Å². The molecule has 0 aliphatic heterocycles. The fourth-order valence-corrected chi connectivity index (χ4v) is 1.49. The van der Waals surface area contributed by atoms with Gasteiger partial charge in [0, 0.05) is 9.16 Å². The summed E-state index contributed by atoms with van der Waals surface area (Å²) in [6, 6.07) is 0. The zero-order valence-corrected chi connectivity index (χ0v) is 10.4. The minimum absolute atomic E-state index is 0.268. The molecule has 0 fully saturated rings. The molecule has 1 N–H and O–H groups in total. The predicted octanol–water partition coefficient (Wildman–Crippen LogP) is 4.55. The molecule has 0 amide bonds. The molecule has 0 spiro atoms. The number of carboxylic acid groups (broad SMARTS) is 1. The van der Waals surface area contributed by atoms with Crippen LogP contribution < -0.4 is 0 Å². The van der Waals surface area contributed by atoms with Gasteiger partial charge in [-0.1, -0.05) is 51.2 Å². The van der Waals surface area contributed by atoms with Gasteiger partial charge in [-0.15, -0.1) is 0 Å². The lowest BCUT2D eigenvalue weighted by molar-refractivity contribution is -0.137. The van der Waals surface area contributed by atoms with Gasteiger partial charge >= 0.3 is 5.97 Å². The van der Waals surface area contributed by atoms with Crippen LogP contribution in [0.3, 0.4) is 0 Å². The third-order valence-corrected chi connectivity index (χ3v) is 2.43. The van der Waals surface area contributed by atoms with Crippen LogP contribution in [0.25, 0.3) is 0 Å².